The van der Waals surface area contributed by atoms with Gasteiger partial charge < -0.3 is 34.9 Å². The summed E-state index contributed by atoms with van der Waals surface area (Å²) in [6.45, 7) is 16.0. The Bertz CT molecular complexity index is 675. The van der Waals surface area contributed by atoms with Crippen LogP contribution in [0.4, 0.5) is 14.4 Å². The summed E-state index contributed by atoms with van der Waals surface area (Å²) >= 11 is 0. The Morgan fingerprint density at radius 3 is 1.56 bits per heavy atom. The van der Waals surface area contributed by atoms with Gasteiger partial charge in [-0.3, -0.25) is 0 Å². The summed E-state index contributed by atoms with van der Waals surface area (Å²) in [5.41, 5.74) is -1.96. The predicted molar refractivity (Wildman–Crippen MR) is 126 cm³/mol. The summed E-state index contributed by atoms with van der Waals surface area (Å²) in [4.78, 5) is 48.0. The minimum atomic E-state index is -0.946. The van der Waals surface area contributed by atoms with E-state index in [1.165, 1.54) is 0 Å². The Morgan fingerprint density at radius 1 is 0.647 bits per heavy atom. The van der Waals surface area contributed by atoms with Gasteiger partial charge in [-0.15, -0.1) is 0 Å². The zero-order valence-corrected chi connectivity index (χ0v) is 22.1. The quantitative estimate of drug-likeness (QED) is 0.240. The van der Waals surface area contributed by atoms with Gasteiger partial charge >= 0.3 is 24.2 Å². The number of amides is 3. The van der Waals surface area contributed by atoms with Gasteiger partial charge in [0.25, 0.3) is 0 Å². The van der Waals surface area contributed by atoms with E-state index >= 15 is 0 Å². The van der Waals surface area contributed by atoms with Crippen LogP contribution in [0.5, 0.6) is 0 Å². The van der Waals surface area contributed by atoms with Crippen LogP contribution in [0.1, 0.15) is 81.6 Å². The van der Waals surface area contributed by atoms with Crippen LogP contribution in [0.25, 0.3) is 0 Å². The molecule has 0 radical (unpaired) electrons. The number of ether oxygens (including phenoxy) is 4. The molecular weight excluding hydrogens is 446 g/mol. The molecule has 0 spiro atoms. The van der Waals surface area contributed by atoms with Crippen molar-refractivity contribution in [1.29, 1.82) is 0 Å². The topological polar surface area (TPSA) is 141 Å². The number of hydrogen-bond acceptors (Lipinski definition) is 8. The summed E-state index contributed by atoms with van der Waals surface area (Å²) in [5.74, 6) is -0.656. The SMILES string of the molecule is CC(C)(C)OC(=O)NCCCC[C@H](NC(=O)OC(C)(C)C)C(=O)OCCNC(=O)OC(C)(C)C. The van der Waals surface area contributed by atoms with Crippen molar-refractivity contribution >= 4 is 24.2 Å². The van der Waals surface area contributed by atoms with Crippen molar-refractivity contribution in [2.45, 2.75) is 104 Å². The maximum Gasteiger partial charge on any atom is 0.408 e. The summed E-state index contributed by atoms with van der Waals surface area (Å²) < 4.78 is 20.7. The van der Waals surface area contributed by atoms with Crippen LogP contribution in [-0.4, -0.2) is 66.8 Å². The number of rotatable bonds is 10. The summed E-state index contributed by atoms with van der Waals surface area (Å²) in [7, 11) is 0. The number of hydrogen-bond donors (Lipinski definition) is 3. The molecule has 34 heavy (non-hydrogen) atoms. The van der Waals surface area contributed by atoms with Gasteiger partial charge in [-0.05, 0) is 81.6 Å². The lowest BCUT2D eigenvalue weighted by Gasteiger charge is -2.23. The van der Waals surface area contributed by atoms with Crippen molar-refractivity contribution in [3.63, 3.8) is 0 Å². The number of carbonyl (C=O) groups is 4. The first-order valence-electron chi connectivity index (χ1n) is 11.5. The number of carbonyl (C=O) groups excluding carboxylic acids is 4. The fourth-order valence-corrected chi connectivity index (χ4v) is 2.40. The highest BCUT2D eigenvalue weighted by Gasteiger charge is 2.25. The van der Waals surface area contributed by atoms with Gasteiger partial charge in [0, 0.05) is 6.54 Å². The van der Waals surface area contributed by atoms with E-state index in [2.05, 4.69) is 16.0 Å². The molecule has 0 heterocycles. The highest BCUT2D eigenvalue weighted by molar-refractivity contribution is 5.81. The summed E-state index contributed by atoms with van der Waals surface area (Å²) in [6.07, 6.45) is -0.542. The molecule has 0 saturated heterocycles. The Hall–Kier alpha value is -2.72. The maximum absolute atomic E-state index is 12.5. The number of esters is 1. The molecule has 198 valence electrons. The number of nitrogens with one attached hydrogen (secondary N) is 3. The lowest BCUT2D eigenvalue weighted by Crippen LogP contribution is -2.45. The second kappa shape index (κ2) is 13.9. The van der Waals surface area contributed by atoms with E-state index in [0.29, 0.717) is 19.4 Å². The largest absolute Gasteiger partial charge is 0.462 e. The fraction of sp³-hybridized carbons (Fsp3) is 0.826. The molecule has 3 N–H and O–H groups in total. The predicted octanol–water partition coefficient (Wildman–Crippen LogP) is 3.64. The van der Waals surface area contributed by atoms with E-state index < -0.39 is 47.1 Å². The molecule has 0 aliphatic heterocycles. The lowest BCUT2D eigenvalue weighted by atomic mass is 10.1. The fourth-order valence-electron chi connectivity index (χ4n) is 2.40. The van der Waals surface area contributed by atoms with Crippen molar-refractivity contribution < 1.29 is 38.1 Å². The van der Waals surface area contributed by atoms with Crippen LogP contribution in [0.3, 0.4) is 0 Å². The molecule has 3 amide bonds. The van der Waals surface area contributed by atoms with Crippen LogP contribution in [0.15, 0.2) is 0 Å². The maximum atomic E-state index is 12.5. The second-order valence-corrected chi connectivity index (χ2v) is 10.7. The number of alkyl carbamates (subject to hydrolysis) is 3. The third kappa shape index (κ3) is 18.8. The van der Waals surface area contributed by atoms with Gasteiger partial charge in [0.05, 0.1) is 6.54 Å². The normalized spacial score (nSPS) is 12.7. The Kier molecular flexibility index (Phi) is 12.8. The highest BCUT2D eigenvalue weighted by atomic mass is 16.6. The summed E-state index contributed by atoms with van der Waals surface area (Å²) in [6, 6.07) is -0.946. The molecule has 0 saturated carbocycles. The van der Waals surface area contributed by atoms with Gasteiger partial charge in [0.15, 0.2) is 0 Å². The summed E-state index contributed by atoms with van der Waals surface area (Å²) in [5, 5.41) is 7.66. The molecule has 11 nitrogen and oxygen atoms in total. The Labute approximate surface area is 203 Å². The zero-order valence-electron chi connectivity index (χ0n) is 22.1. The standard InChI is InChI=1S/C23H43N3O8/c1-21(2,3)32-18(28)24-13-11-10-12-16(26-20(30)34-23(7,8)9)17(27)31-15-14-25-19(29)33-22(4,5)6/h16H,10-15H2,1-9H3,(H,24,28)(H,25,29)(H,26,30)/t16-/m0/s1. The van der Waals surface area contributed by atoms with Crippen molar-refractivity contribution in [2.75, 3.05) is 19.7 Å². The molecule has 0 aromatic carbocycles. The van der Waals surface area contributed by atoms with E-state index in [-0.39, 0.29) is 19.6 Å². The number of unbranched alkanes of at least 4 members (excludes halogenated alkanes) is 1. The van der Waals surface area contributed by atoms with Crippen LogP contribution in [0.2, 0.25) is 0 Å². The first-order valence-corrected chi connectivity index (χ1v) is 11.5. The lowest BCUT2D eigenvalue weighted by molar-refractivity contribution is -0.146. The van der Waals surface area contributed by atoms with E-state index in [0.717, 1.165) is 0 Å². The first-order chi connectivity index (χ1) is 15.4. The van der Waals surface area contributed by atoms with Gasteiger partial charge in [0.2, 0.25) is 0 Å². The van der Waals surface area contributed by atoms with Crippen molar-refractivity contribution in [1.82, 2.24) is 16.0 Å². The van der Waals surface area contributed by atoms with Crippen molar-refractivity contribution in [2.24, 2.45) is 0 Å². The van der Waals surface area contributed by atoms with Crippen molar-refractivity contribution in [3.8, 4) is 0 Å². The zero-order chi connectivity index (χ0) is 26.6. The molecule has 0 rings (SSSR count). The average molecular weight is 490 g/mol. The van der Waals surface area contributed by atoms with Crippen LogP contribution in [-0.2, 0) is 23.7 Å². The molecule has 0 aromatic heterocycles. The molecule has 0 aliphatic carbocycles. The van der Waals surface area contributed by atoms with E-state index in [4.69, 9.17) is 18.9 Å². The van der Waals surface area contributed by atoms with E-state index in [1.54, 1.807) is 62.3 Å². The van der Waals surface area contributed by atoms with Crippen LogP contribution in [0, 0.1) is 0 Å². The molecule has 0 aromatic rings. The minimum absolute atomic E-state index is 0.0552. The molecule has 0 fully saturated rings. The highest BCUT2D eigenvalue weighted by Crippen LogP contribution is 2.10. The van der Waals surface area contributed by atoms with Gasteiger partial charge in [-0.1, -0.05) is 0 Å². The average Bonchev–Trinajstić information content (AvgIpc) is 2.59. The van der Waals surface area contributed by atoms with Crippen molar-refractivity contribution in [3.05, 3.63) is 0 Å². The van der Waals surface area contributed by atoms with Gasteiger partial charge in [0.1, 0.15) is 29.5 Å². The minimum Gasteiger partial charge on any atom is -0.462 e. The molecular formula is C23H43N3O8. The Balaban J connectivity index is 4.63. The van der Waals surface area contributed by atoms with Crippen LogP contribution >= 0.6 is 0 Å². The van der Waals surface area contributed by atoms with E-state index in [1.807, 2.05) is 0 Å². The molecule has 0 unspecified atom stereocenters. The third-order valence-electron chi connectivity index (χ3n) is 3.58. The molecule has 11 heteroatoms. The van der Waals surface area contributed by atoms with Gasteiger partial charge in [-0.2, -0.15) is 0 Å². The molecule has 0 bridgehead atoms. The monoisotopic (exact) mass is 489 g/mol. The molecule has 1 atom stereocenters. The smallest absolute Gasteiger partial charge is 0.408 e. The van der Waals surface area contributed by atoms with Crippen LogP contribution < -0.4 is 16.0 Å². The Morgan fingerprint density at radius 2 is 1.09 bits per heavy atom. The van der Waals surface area contributed by atoms with E-state index in [9.17, 15) is 19.2 Å². The first kappa shape index (κ1) is 31.3. The molecule has 0 aliphatic rings. The third-order valence-corrected chi connectivity index (χ3v) is 3.58. The van der Waals surface area contributed by atoms with Gasteiger partial charge in [-0.25, -0.2) is 19.2 Å². The second-order valence-electron chi connectivity index (χ2n) is 10.7.